The third-order valence-corrected chi connectivity index (χ3v) is 4.49. The van der Waals surface area contributed by atoms with Gasteiger partial charge in [-0.1, -0.05) is 6.92 Å². The second kappa shape index (κ2) is 6.68. The van der Waals surface area contributed by atoms with Gasteiger partial charge in [-0.2, -0.15) is 0 Å². The van der Waals surface area contributed by atoms with E-state index in [-0.39, 0.29) is 5.91 Å². The predicted octanol–water partition coefficient (Wildman–Crippen LogP) is 0.117. The minimum Gasteiger partial charge on any atom is -0.383 e. The van der Waals surface area contributed by atoms with Gasteiger partial charge in [0.1, 0.15) is 0 Å². The standard InChI is InChI=1S/C14H27N3O2/c1-12-10-15(8-9-19-3)11-14(12)17-6-4-16(5-7-17)13(2)18/h12,14H,4-11H2,1-3H3/t12-,14+/m0/s1. The van der Waals surface area contributed by atoms with Crippen molar-refractivity contribution in [3.63, 3.8) is 0 Å². The number of amides is 1. The summed E-state index contributed by atoms with van der Waals surface area (Å²) in [5, 5.41) is 0. The van der Waals surface area contributed by atoms with Crippen molar-refractivity contribution < 1.29 is 9.53 Å². The first kappa shape index (κ1) is 14.8. The fourth-order valence-corrected chi connectivity index (χ4v) is 3.29. The third-order valence-electron chi connectivity index (χ3n) is 4.49. The minimum absolute atomic E-state index is 0.209. The maximum absolute atomic E-state index is 11.3. The van der Waals surface area contributed by atoms with Crippen molar-refractivity contribution in [3.05, 3.63) is 0 Å². The Bertz CT molecular complexity index is 303. The van der Waals surface area contributed by atoms with Gasteiger partial charge in [0.05, 0.1) is 6.61 Å². The fourth-order valence-electron chi connectivity index (χ4n) is 3.29. The van der Waals surface area contributed by atoms with Crippen LogP contribution in [0.4, 0.5) is 0 Å². The highest BCUT2D eigenvalue weighted by Gasteiger charge is 2.35. The van der Waals surface area contributed by atoms with E-state index in [0.29, 0.717) is 12.0 Å². The summed E-state index contributed by atoms with van der Waals surface area (Å²) in [6.07, 6.45) is 0. The van der Waals surface area contributed by atoms with Gasteiger partial charge in [-0.3, -0.25) is 14.6 Å². The lowest BCUT2D eigenvalue weighted by atomic mass is 10.0. The van der Waals surface area contributed by atoms with E-state index in [2.05, 4.69) is 16.7 Å². The molecule has 2 aliphatic heterocycles. The van der Waals surface area contributed by atoms with Crippen LogP contribution in [0.2, 0.25) is 0 Å². The van der Waals surface area contributed by atoms with Gasteiger partial charge in [-0.25, -0.2) is 0 Å². The van der Waals surface area contributed by atoms with Gasteiger partial charge in [-0.15, -0.1) is 0 Å². The molecular formula is C14H27N3O2. The summed E-state index contributed by atoms with van der Waals surface area (Å²) < 4.78 is 5.16. The number of hydrogen-bond acceptors (Lipinski definition) is 4. The molecule has 110 valence electrons. The predicted molar refractivity (Wildman–Crippen MR) is 75.1 cm³/mol. The van der Waals surface area contributed by atoms with Gasteiger partial charge in [0.15, 0.2) is 0 Å². The second-order valence-electron chi connectivity index (χ2n) is 5.84. The Morgan fingerprint density at radius 3 is 2.47 bits per heavy atom. The third kappa shape index (κ3) is 3.68. The summed E-state index contributed by atoms with van der Waals surface area (Å²) in [4.78, 5) is 18.4. The maximum atomic E-state index is 11.3. The molecule has 2 rings (SSSR count). The average molecular weight is 269 g/mol. The number of rotatable bonds is 4. The van der Waals surface area contributed by atoms with E-state index >= 15 is 0 Å². The highest BCUT2D eigenvalue weighted by Crippen LogP contribution is 2.22. The highest BCUT2D eigenvalue weighted by atomic mass is 16.5. The monoisotopic (exact) mass is 269 g/mol. The summed E-state index contributed by atoms with van der Waals surface area (Å²) in [5.41, 5.74) is 0. The number of hydrogen-bond donors (Lipinski definition) is 0. The Labute approximate surface area is 116 Å². The molecule has 0 saturated carbocycles. The lowest BCUT2D eigenvalue weighted by Gasteiger charge is -2.39. The maximum Gasteiger partial charge on any atom is 0.219 e. The molecule has 2 saturated heterocycles. The molecule has 0 aliphatic carbocycles. The van der Waals surface area contributed by atoms with Gasteiger partial charge in [-0.05, 0) is 5.92 Å². The van der Waals surface area contributed by atoms with Crippen molar-refractivity contribution in [1.29, 1.82) is 0 Å². The van der Waals surface area contributed by atoms with E-state index in [1.54, 1.807) is 14.0 Å². The van der Waals surface area contributed by atoms with E-state index in [9.17, 15) is 4.79 Å². The first-order chi connectivity index (χ1) is 9.11. The summed E-state index contributed by atoms with van der Waals surface area (Å²) in [6, 6.07) is 0.644. The van der Waals surface area contributed by atoms with Crippen molar-refractivity contribution in [2.24, 2.45) is 5.92 Å². The summed E-state index contributed by atoms with van der Waals surface area (Å²) in [5.74, 6) is 0.918. The zero-order valence-corrected chi connectivity index (χ0v) is 12.5. The molecule has 0 spiro atoms. The molecular weight excluding hydrogens is 242 g/mol. The molecule has 1 amide bonds. The molecule has 19 heavy (non-hydrogen) atoms. The molecule has 0 aromatic heterocycles. The topological polar surface area (TPSA) is 36.0 Å². The van der Waals surface area contributed by atoms with E-state index < -0.39 is 0 Å². The Morgan fingerprint density at radius 1 is 1.21 bits per heavy atom. The summed E-state index contributed by atoms with van der Waals surface area (Å²) in [6.45, 7) is 12.0. The van der Waals surface area contributed by atoms with E-state index in [1.165, 1.54) is 6.54 Å². The zero-order valence-electron chi connectivity index (χ0n) is 12.5. The molecule has 2 atom stereocenters. The Balaban J connectivity index is 1.81. The number of likely N-dealkylation sites (tertiary alicyclic amines) is 1. The number of ether oxygens (including phenoxy) is 1. The van der Waals surface area contributed by atoms with Gasteiger partial charge >= 0.3 is 0 Å². The number of methoxy groups -OCH3 is 1. The van der Waals surface area contributed by atoms with Crippen LogP contribution in [-0.4, -0.2) is 86.2 Å². The smallest absolute Gasteiger partial charge is 0.219 e. The number of nitrogens with zero attached hydrogens (tertiary/aromatic N) is 3. The van der Waals surface area contributed by atoms with Gasteiger partial charge < -0.3 is 9.64 Å². The molecule has 0 aromatic carbocycles. The van der Waals surface area contributed by atoms with E-state index in [1.807, 2.05) is 4.90 Å². The largest absolute Gasteiger partial charge is 0.383 e. The van der Waals surface area contributed by atoms with Crippen molar-refractivity contribution in [3.8, 4) is 0 Å². The first-order valence-electron chi connectivity index (χ1n) is 7.32. The molecule has 0 N–H and O–H groups in total. The Morgan fingerprint density at radius 2 is 1.89 bits per heavy atom. The van der Waals surface area contributed by atoms with Crippen LogP contribution in [0.3, 0.4) is 0 Å². The molecule has 0 bridgehead atoms. The van der Waals surface area contributed by atoms with Crippen molar-refractivity contribution in [2.45, 2.75) is 19.9 Å². The Hall–Kier alpha value is -0.650. The molecule has 5 heteroatoms. The van der Waals surface area contributed by atoms with E-state index in [0.717, 1.165) is 45.9 Å². The zero-order chi connectivity index (χ0) is 13.8. The van der Waals surface area contributed by atoms with Gasteiger partial charge in [0.2, 0.25) is 5.91 Å². The summed E-state index contributed by atoms with van der Waals surface area (Å²) >= 11 is 0. The van der Waals surface area contributed by atoms with Crippen LogP contribution in [0.5, 0.6) is 0 Å². The number of carbonyl (C=O) groups excluding carboxylic acids is 1. The van der Waals surface area contributed by atoms with Crippen LogP contribution in [0.1, 0.15) is 13.8 Å². The van der Waals surface area contributed by atoms with E-state index in [4.69, 9.17) is 4.74 Å². The lowest BCUT2D eigenvalue weighted by Crippen LogP contribution is -2.53. The van der Waals surface area contributed by atoms with Crippen LogP contribution < -0.4 is 0 Å². The fraction of sp³-hybridized carbons (Fsp3) is 0.929. The van der Waals surface area contributed by atoms with Crippen molar-refractivity contribution in [2.75, 3.05) is 59.5 Å². The highest BCUT2D eigenvalue weighted by molar-refractivity contribution is 5.73. The van der Waals surface area contributed by atoms with Crippen molar-refractivity contribution in [1.82, 2.24) is 14.7 Å². The van der Waals surface area contributed by atoms with Gasteiger partial charge in [0.25, 0.3) is 0 Å². The SMILES string of the molecule is COCCN1C[C@@H](N2CCN(C(C)=O)CC2)[C@@H](C)C1. The molecule has 0 aromatic rings. The second-order valence-corrected chi connectivity index (χ2v) is 5.84. The molecule has 5 nitrogen and oxygen atoms in total. The van der Waals surface area contributed by atoms with Crippen LogP contribution in [0.25, 0.3) is 0 Å². The molecule has 2 aliphatic rings. The molecule has 2 fully saturated rings. The Kier molecular flexibility index (Phi) is 5.19. The first-order valence-corrected chi connectivity index (χ1v) is 7.32. The molecule has 0 unspecified atom stereocenters. The van der Waals surface area contributed by atoms with Crippen molar-refractivity contribution >= 4 is 5.91 Å². The quantitative estimate of drug-likeness (QED) is 0.726. The van der Waals surface area contributed by atoms with Gasteiger partial charge in [0, 0.05) is 65.9 Å². The van der Waals surface area contributed by atoms with Crippen LogP contribution >= 0.6 is 0 Å². The molecule has 2 heterocycles. The minimum atomic E-state index is 0.209. The normalized spacial score (nSPS) is 29.9. The van der Waals surface area contributed by atoms with Crippen LogP contribution in [0.15, 0.2) is 0 Å². The number of piperazine rings is 1. The number of carbonyl (C=O) groups is 1. The summed E-state index contributed by atoms with van der Waals surface area (Å²) in [7, 11) is 1.76. The average Bonchev–Trinajstić information content (AvgIpc) is 2.77. The van der Waals surface area contributed by atoms with Crippen LogP contribution in [0, 0.1) is 5.92 Å². The van der Waals surface area contributed by atoms with Crippen LogP contribution in [-0.2, 0) is 9.53 Å². The lowest BCUT2D eigenvalue weighted by molar-refractivity contribution is -0.130. The molecule has 0 radical (unpaired) electrons.